The minimum atomic E-state index is -0.233. The van der Waals surface area contributed by atoms with Crippen molar-refractivity contribution in [3.63, 3.8) is 0 Å². The zero-order valence-corrected chi connectivity index (χ0v) is 14.6. The first-order chi connectivity index (χ1) is 13.2. The summed E-state index contributed by atoms with van der Waals surface area (Å²) in [6, 6.07) is 11.3. The standard InChI is InChI=1S/C19H17N5O3/c1-20-18-17(11-2-5-15-16(8-11)27-7-6-26-15)24(19(25)23-18)12-3-4-13-14(9-12)22-10-21-13/h2-5,8-10,20H,6-7H2,1H3,(H,21,22)(H,23,25). The second kappa shape index (κ2) is 5.94. The first kappa shape index (κ1) is 15.6. The van der Waals surface area contributed by atoms with E-state index in [1.54, 1.807) is 17.9 Å². The Bertz CT molecular complexity index is 1200. The molecule has 0 unspecified atom stereocenters. The molecule has 0 saturated heterocycles. The third-order valence-electron chi connectivity index (χ3n) is 4.62. The van der Waals surface area contributed by atoms with Gasteiger partial charge < -0.3 is 19.8 Å². The largest absolute Gasteiger partial charge is 0.486 e. The Morgan fingerprint density at radius 2 is 1.96 bits per heavy atom. The van der Waals surface area contributed by atoms with Gasteiger partial charge in [0.15, 0.2) is 11.5 Å². The van der Waals surface area contributed by atoms with Crippen LogP contribution in [0, 0.1) is 0 Å². The average Bonchev–Trinajstić information content (AvgIpc) is 3.30. The van der Waals surface area contributed by atoms with Crippen molar-refractivity contribution < 1.29 is 9.47 Å². The number of anilines is 1. The van der Waals surface area contributed by atoms with Crippen LogP contribution in [0.15, 0.2) is 47.5 Å². The number of ether oxygens (including phenoxy) is 2. The number of hydrogen-bond acceptors (Lipinski definition) is 5. The topological polar surface area (TPSA) is 97.0 Å². The fourth-order valence-corrected chi connectivity index (χ4v) is 3.39. The smallest absolute Gasteiger partial charge is 0.332 e. The van der Waals surface area contributed by atoms with Crippen LogP contribution in [0.1, 0.15) is 0 Å². The molecule has 0 amide bonds. The van der Waals surface area contributed by atoms with Crippen molar-refractivity contribution in [2.24, 2.45) is 0 Å². The zero-order chi connectivity index (χ0) is 18.4. The number of aromatic nitrogens is 4. The molecule has 0 atom stereocenters. The van der Waals surface area contributed by atoms with Crippen molar-refractivity contribution in [1.29, 1.82) is 0 Å². The van der Waals surface area contributed by atoms with Gasteiger partial charge in [-0.05, 0) is 36.4 Å². The first-order valence-corrected chi connectivity index (χ1v) is 8.61. The highest BCUT2D eigenvalue weighted by atomic mass is 16.6. The Morgan fingerprint density at radius 3 is 2.81 bits per heavy atom. The lowest BCUT2D eigenvalue weighted by atomic mass is 10.1. The molecule has 2 aromatic heterocycles. The van der Waals surface area contributed by atoms with Crippen molar-refractivity contribution in [2.75, 3.05) is 25.6 Å². The molecule has 0 saturated carbocycles. The minimum Gasteiger partial charge on any atom is -0.486 e. The predicted molar refractivity (Wildman–Crippen MR) is 102 cm³/mol. The van der Waals surface area contributed by atoms with Crippen LogP contribution in [0.4, 0.5) is 5.82 Å². The number of hydrogen-bond donors (Lipinski definition) is 3. The number of nitrogens with one attached hydrogen (secondary N) is 3. The van der Waals surface area contributed by atoms with Gasteiger partial charge in [-0.25, -0.2) is 9.78 Å². The van der Waals surface area contributed by atoms with E-state index in [0.29, 0.717) is 30.5 Å². The van der Waals surface area contributed by atoms with Crippen LogP contribution < -0.4 is 20.5 Å². The number of rotatable bonds is 3. The van der Waals surface area contributed by atoms with Gasteiger partial charge in [-0.15, -0.1) is 0 Å². The van der Waals surface area contributed by atoms with Crippen LogP contribution in [-0.4, -0.2) is 39.8 Å². The van der Waals surface area contributed by atoms with Gasteiger partial charge in [0.25, 0.3) is 0 Å². The van der Waals surface area contributed by atoms with Crippen molar-refractivity contribution in [3.8, 4) is 28.4 Å². The molecule has 3 N–H and O–H groups in total. The van der Waals surface area contributed by atoms with Crippen LogP contribution in [0.25, 0.3) is 28.0 Å². The van der Waals surface area contributed by atoms with E-state index < -0.39 is 0 Å². The summed E-state index contributed by atoms with van der Waals surface area (Å²) in [6.45, 7) is 1.04. The Morgan fingerprint density at radius 1 is 1.11 bits per heavy atom. The molecule has 136 valence electrons. The molecule has 0 radical (unpaired) electrons. The molecule has 4 aromatic rings. The van der Waals surface area contributed by atoms with Crippen molar-refractivity contribution in [2.45, 2.75) is 0 Å². The Hall–Kier alpha value is -3.68. The summed E-state index contributed by atoms with van der Waals surface area (Å²) in [5, 5.41) is 3.07. The van der Waals surface area contributed by atoms with Gasteiger partial charge in [0.1, 0.15) is 19.0 Å². The monoisotopic (exact) mass is 363 g/mol. The molecule has 5 rings (SSSR count). The molecule has 0 aliphatic carbocycles. The Kier molecular flexibility index (Phi) is 3.43. The maximum atomic E-state index is 12.7. The lowest BCUT2D eigenvalue weighted by molar-refractivity contribution is 0.171. The molecule has 0 fully saturated rings. The van der Waals surface area contributed by atoms with Gasteiger partial charge >= 0.3 is 5.69 Å². The summed E-state index contributed by atoms with van der Waals surface area (Å²) in [6.07, 6.45) is 1.63. The quantitative estimate of drug-likeness (QED) is 0.520. The van der Waals surface area contributed by atoms with E-state index >= 15 is 0 Å². The minimum absolute atomic E-state index is 0.233. The van der Waals surface area contributed by atoms with E-state index in [-0.39, 0.29) is 5.69 Å². The van der Waals surface area contributed by atoms with E-state index in [0.717, 1.165) is 28.0 Å². The number of nitrogens with zero attached hydrogens (tertiary/aromatic N) is 2. The van der Waals surface area contributed by atoms with Crippen LogP contribution in [0.2, 0.25) is 0 Å². The molecule has 1 aliphatic heterocycles. The molecule has 0 spiro atoms. The summed E-state index contributed by atoms with van der Waals surface area (Å²) in [7, 11) is 1.77. The van der Waals surface area contributed by atoms with Gasteiger partial charge in [-0.3, -0.25) is 9.55 Å². The number of benzene rings is 2. The maximum Gasteiger partial charge on any atom is 0.332 e. The van der Waals surface area contributed by atoms with E-state index in [4.69, 9.17) is 9.47 Å². The number of aromatic amines is 2. The highest BCUT2D eigenvalue weighted by molar-refractivity contribution is 5.80. The predicted octanol–water partition coefficient (Wildman–Crippen LogP) is 2.52. The van der Waals surface area contributed by atoms with Crippen LogP contribution >= 0.6 is 0 Å². The maximum absolute atomic E-state index is 12.7. The molecular weight excluding hydrogens is 346 g/mol. The summed E-state index contributed by atoms with van der Waals surface area (Å²) in [5.41, 5.74) is 3.77. The fourth-order valence-electron chi connectivity index (χ4n) is 3.39. The average molecular weight is 363 g/mol. The van der Waals surface area contributed by atoms with Gasteiger partial charge in [0, 0.05) is 12.6 Å². The number of H-pyrrole nitrogens is 2. The second-order valence-electron chi connectivity index (χ2n) is 6.20. The SMILES string of the molecule is CNc1[nH]c(=O)n(-c2ccc3nc[nH]c3c2)c1-c1ccc2c(c1)OCCO2. The lowest BCUT2D eigenvalue weighted by Gasteiger charge is -2.19. The molecule has 8 heteroatoms. The normalized spacial score (nSPS) is 13.1. The van der Waals surface area contributed by atoms with Gasteiger partial charge in [-0.2, -0.15) is 0 Å². The highest BCUT2D eigenvalue weighted by Crippen LogP contribution is 2.37. The summed E-state index contributed by atoms with van der Waals surface area (Å²) in [5.74, 6) is 2.01. The van der Waals surface area contributed by atoms with Crippen LogP contribution in [0.3, 0.4) is 0 Å². The molecule has 8 nitrogen and oxygen atoms in total. The molecule has 1 aliphatic rings. The van der Waals surface area contributed by atoms with E-state index in [2.05, 4.69) is 20.3 Å². The molecule has 2 aromatic carbocycles. The van der Waals surface area contributed by atoms with Crippen LogP contribution in [-0.2, 0) is 0 Å². The van der Waals surface area contributed by atoms with Crippen molar-refractivity contribution in [3.05, 3.63) is 53.2 Å². The third-order valence-corrected chi connectivity index (χ3v) is 4.62. The molecular formula is C19H17N5O3. The van der Waals surface area contributed by atoms with E-state index in [1.165, 1.54) is 0 Å². The summed E-state index contributed by atoms with van der Waals surface area (Å²) >= 11 is 0. The summed E-state index contributed by atoms with van der Waals surface area (Å²) in [4.78, 5) is 22.9. The van der Waals surface area contributed by atoms with E-state index in [9.17, 15) is 4.79 Å². The van der Waals surface area contributed by atoms with E-state index in [1.807, 2.05) is 36.4 Å². The van der Waals surface area contributed by atoms with Gasteiger partial charge in [0.05, 0.1) is 28.7 Å². The highest BCUT2D eigenvalue weighted by Gasteiger charge is 2.20. The van der Waals surface area contributed by atoms with Gasteiger partial charge in [-0.1, -0.05) is 0 Å². The lowest BCUT2D eigenvalue weighted by Crippen LogP contribution is -2.16. The molecule has 3 heterocycles. The zero-order valence-electron chi connectivity index (χ0n) is 14.6. The molecule has 27 heavy (non-hydrogen) atoms. The Labute approximate surface area is 153 Å². The van der Waals surface area contributed by atoms with Crippen LogP contribution in [0.5, 0.6) is 11.5 Å². The van der Waals surface area contributed by atoms with Gasteiger partial charge in [0.2, 0.25) is 0 Å². The van der Waals surface area contributed by atoms with Crippen molar-refractivity contribution in [1.82, 2.24) is 19.5 Å². The fraction of sp³-hybridized carbons (Fsp3) is 0.158. The summed E-state index contributed by atoms with van der Waals surface area (Å²) < 4.78 is 12.9. The first-order valence-electron chi connectivity index (χ1n) is 8.61. The second-order valence-corrected chi connectivity index (χ2v) is 6.20. The Balaban J connectivity index is 1.73. The molecule has 0 bridgehead atoms. The number of imidazole rings is 2. The third kappa shape index (κ3) is 2.45. The van der Waals surface area contributed by atoms with Crippen molar-refractivity contribution >= 4 is 16.9 Å². The number of fused-ring (bicyclic) bond motifs is 2.